The number of sulfone groups is 1. The number of ether oxygens (including phenoxy) is 2. The van der Waals surface area contributed by atoms with Gasteiger partial charge in [-0.1, -0.05) is 37.5 Å². The van der Waals surface area contributed by atoms with Gasteiger partial charge in [-0.15, -0.1) is 0 Å². The SMILES string of the molecule is O=C(COc1ccccc1)OCC(=O)N(C1CCCCC1)C1CCS(=O)(=O)C1. The minimum Gasteiger partial charge on any atom is -0.482 e. The monoisotopic (exact) mass is 409 g/mol. The van der Waals surface area contributed by atoms with E-state index in [2.05, 4.69) is 0 Å². The average molecular weight is 410 g/mol. The zero-order valence-electron chi connectivity index (χ0n) is 15.9. The van der Waals surface area contributed by atoms with Gasteiger partial charge in [0.25, 0.3) is 5.91 Å². The van der Waals surface area contributed by atoms with Crippen LogP contribution in [0.25, 0.3) is 0 Å². The van der Waals surface area contributed by atoms with Crippen LogP contribution in [0.3, 0.4) is 0 Å². The fourth-order valence-corrected chi connectivity index (χ4v) is 5.69. The van der Waals surface area contributed by atoms with Gasteiger partial charge in [0.15, 0.2) is 23.1 Å². The first kappa shape index (κ1) is 20.6. The van der Waals surface area contributed by atoms with Crippen molar-refractivity contribution in [2.75, 3.05) is 24.7 Å². The van der Waals surface area contributed by atoms with Crippen molar-refractivity contribution in [3.05, 3.63) is 30.3 Å². The lowest BCUT2D eigenvalue weighted by Crippen LogP contribution is -2.50. The van der Waals surface area contributed by atoms with Crippen LogP contribution in [0.5, 0.6) is 5.75 Å². The number of hydrogen-bond acceptors (Lipinski definition) is 6. The quantitative estimate of drug-likeness (QED) is 0.640. The summed E-state index contributed by atoms with van der Waals surface area (Å²) < 4.78 is 34.2. The summed E-state index contributed by atoms with van der Waals surface area (Å²) in [6.45, 7) is -0.664. The number of hydrogen-bond donors (Lipinski definition) is 0. The zero-order valence-corrected chi connectivity index (χ0v) is 16.7. The van der Waals surface area contributed by atoms with Crippen LogP contribution in [-0.2, 0) is 24.2 Å². The van der Waals surface area contributed by atoms with Crippen molar-refractivity contribution >= 4 is 21.7 Å². The number of carbonyl (C=O) groups is 2. The summed E-state index contributed by atoms with van der Waals surface area (Å²) in [5.74, 6) is -0.285. The molecule has 0 aromatic heterocycles. The second-order valence-corrected chi connectivity index (χ2v) is 9.64. The number of nitrogens with zero attached hydrogens (tertiary/aromatic N) is 1. The number of para-hydroxylation sites is 1. The molecule has 1 saturated carbocycles. The van der Waals surface area contributed by atoms with Crippen LogP contribution < -0.4 is 4.74 Å². The summed E-state index contributed by atoms with van der Waals surface area (Å²) in [5, 5.41) is 0. The molecule has 0 radical (unpaired) electrons. The topological polar surface area (TPSA) is 90.0 Å². The van der Waals surface area contributed by atoms with Gasteiger partial charge in [0.05, 0.1) is 11.5 Å². The van der Waals surface area contributed by atoms with E-state index in [0.717, 1.165) is 32.1 Å². The van der Waals surface area contributed by atoms with Gasteiger partial charge in [0.1, 0.15) is 5.75 Å². The molecule has 8 heteroatoms. The highest BCUT2D eigenvalue weighted by molar-refractivity contribution is 7.91. The van der Waals surface area contributed by atoms with Crippen molar-refractivity contribution in [1.29, 1.82) is 0 Å². The third kappa shape index (κ3) is 5.70. The second-order valence-electron chi connectivity index (χ2n) is 7.41. The molecule has 2 aliphatic rings. The maximum atomic E-state index is 12.8. The standard InChI is InChI=1S/C20H27NO6S/c22-19(13-27-20(23)14-26-18-9-5-2-6-10-18)21(16-7-3-1-4-8-16)17-11-12-28(24,25)15-17/h2,5-6,9-10,16-17H,1,3-4,7-8,11-15H2. The molecule has 2 fully saturated rings. The van der Waals surface area contributed by atoms with Crippen molar-refractivity contribution in [1.82, 2.24) is 4.90 Å². The molecule has 1 aliphatic carbocycles. The second kappa shape index (κ2) is 9.41. The first-order valence-corrected chi connectivity index (χ1v) is 11.6. The van der Waals surface area contributed by atoms with Crippen LogP contribution in [0.2, 0.25) is 0 Å². The van der Waals surface area contributed by atoms with E-state index in [9.17, 15) is 18.0 Å². The number of carbonyl (C=O) groups excluding carboxylic acids is 2. The van der Waals surface area contributed by atoms with Gasteiger partial charge in [-0.2, -0.15) is 0 Å². The molecular weight excluding hydrogens is 382 g/mol. The molecule has 154 valence electrons. The third-order valence-corrected chi connectivity index (χ3v) is 7.06. The summed E-state index contributed by atoms with van der Waals surface area (Å²) in [6, 6.07) is 8.59. The molecule has 1 aliphatic heterocycles. The Balaban J connectivity index is 1.55. The predicted molar refractivity (Wildman–Crippen MR) is 104 cm³/mol. The molecule has 7 nitrogen and oxygen atoms in total. The molecule has 1 heterocycles. The van der Waals surface area contributed by atoms with Gasteiger partial charge in [-0.05, 0) is 31.4 Å². The van der Waals surface area contributed by atoms with E-state index >= 15 is 0 Å². The van der Waals surface area contributed by atoms with E-state index in [1.54, 1.807) is 29.2 Å². The van der Waals surface area contributed by atoms with Crippen LogP contribution in [0.1, 0.15) is 38.5 Å². The van der Waals surface area contributed by atoms with E-state index < -0.39 is 15.8 Å². The van der Waals surface area contributed by atoms with Crippen molar-refractivity contribution < 1.29 is 27.5 Å². The normalized spacial score (nSPS) is 21.8. The van der Waals surface area contributed by atoms with Crippen molar-refractivity contribution in [2.24, 2.45) is 0 Å². The van der Waals surface area contributed by atoms with E-state index in [1.807, 2.05) is 6.07 Å². The van der Waals surface area contributed by atoms with E-state index in [0.29, 0.717) is 12.2 Å². The smallest absolute Gasteiger partial charge is 0.344 e. The molecule has 1 atom stereocenters. The lowest BCUT2D eigenvalue weighted by atomic mass is 9.93. The van der Waals surface area contributed by atoms with Gasteiger partial charge < -0.3 is 14.4 Å². The Kier molecular flexibility index (Phi) is 6.93. The average Bonchev–Trinajstić information content (AvgIpc) is 3.06. The molecule has 1 amide bonds. The number of amides is 1. The lowest BCUT2D eigenvalue weighted by molar-refractivity contribution is -0.155. The molecule has 1 unspecified atom stereocenters. The zero-order chi connectivity index (χ0) is 20.0. The highest BCUT2D eigenvalue weighted by atomic mass is 32.2. The van der Waals surface area contributed by atoms with Crippen LogP contribution in [0.4, 0.5) is 0 Å². The van der Waals surface area contributed by atoms with Gasteiger partial charge in [0, 0.05) is 12.1 Å². The molecule has 1 aromatic rings. The van der Waals surface area contributed by atoms with Gasteiger partial charge in [-0.3, -0.25) is 4.79 Å². The molecular formula is C20H27NO6S. The fraction of sp³-hybridized carbons (Fsp3) is 0.600. The first-order chi connectivity index (χ1) is 13.4. The first-order valence-electron chi connectivity index (χ1n) is 9.80. The highest BCUT2D eigenvalue weighted by Gasteiger charge is 2.38. The molecule has 0 bridgehead atoms. The van der Waals surface area contributed by atoms with E-state index in [4.69, 9.17) is 9.47 Å². The van der Waals surface area contributed by atoms with Gasteiger partial charge in [0.2, 0.25) is 0 Å². The van der Waals surface area contributed by atoms with Crippen molar-refractivity contribution in [3.8, 4) is 5.75 Å². The predicted octanol–water partition coefficient (Wildman–Crippen LogP) is 1.96. The Labute approximate surface area is 165 Å². The summed E-state index contributed by atoms with van der Waals surface area (Å²) >= 11 is 0. The fourth-order valence-electron chi connectivity index (χ4n) is 3.98. The molecule has 0 N–H and O–H groups in total. The minimum absolute atomic E-state index is 0.000302. The molecule has 1 saturated heterocycles. The van der Waals surface area contributed by atoms with Gasteiger partial charge >= 0.3 is 5.97 Å². The molecule has 28 heavy (non-hydrogen) atoms. The van der Waals surface area contributed by atoms with Gasteiger partial charge in [-0.25, -0.2) is 13.2 Å². The largest absolute Gasteiger partial charge is 0.482 e. The Morgan fingerprint density at radius 3 is 2.32 bits per heavy atom. The van der Waals surface area contributed by atoms with E-state index in [-0.39, 0.29) is 42.7 Å². The van der Waals surface area contributed by atoms with Crippen LogP contribution in [0, 0.1) is 0 Å². The maximum absolute atomic E-state index is 12.8. The molecule has 3 rings (SSSR count). The molecule has 0 spiro atoms. The summed E-state index contributed by atoms with van der Waals surface area (Å²) in [7, 11) is -3.10. The van der Waals surface area contributed by atoms with Crippen molar-refractivity contribution in [2.45, 2.75) is 50.6 Å². The third-order valence-electron chi connectivity index (χ3n) is 5.31. The van der Waals surface area contributed by atoms with Crippen LogP contribution >= 0.6 is 0 Å². The van der Waals surface area contributed by atoms with Crippen molar-refractivity contribution in [3.63, 3.8) is 0 Å². The summed E-state index contributed by atoms with van der Waals surface area (Å²) in [5.41, 5.74) is 0. The van der Waals surface area contributed by atoms with E-state index in [1.165, 1.54) is 0 Å². The Morgan fingerprint density at radius 2 is 1.68 bits per heavy atom. The minimum atomic E-state index is -3.10. The molecule has 1 aromatic carbocycles. The number of rotatable bonds is 7. The maximum Gasteiger partial charge on any atom is 0.344 e. The summed E-state index contributed by atoms with van der Waals surface area (Å²) in [6.07, 6.45) is 5.38. The Hall–Kier alpha value is -2.09. The van der Waals surface area contributed by atoms with Crippen LogP contribution in [0.15, 0.2) is 30.3 Å². The highest BCUT2D eigenvalue weighted by Crippen LogP contribution is 2.28. The Morgan fingerprint density at radius 1 is 0.964 bits per heavy atom. The Bertz CT molecular complexity index is 773. The summed E-state index contributed by atoms with van der Waals surface area (Å²) in [4.78, 5) is 26.5. The van der Waals surface area contributed by atoms with Crippen LogP contribution in [-0.4, -0.2) is 62.0 Å². The lowest BCUT2D eigenvalue weighted by Gasteiger charge is -2.38. The number of esters is 1. The number of benzene rings is 1.